The van der Waals surface area contributed by atoms with E-state index in [4.69, 9.17) is 20.4 Å². The fourth-order valence-corrected chi connectivity index (χ4v) is 0. The zero-order valence-electron chi connectivity index (χ0n) is 2.82. The number of rotatable bonds is 0. The monoisotopic (exact) mass is 375 g/mol. The van der Waals surface area contributed by atoms with Crippen LogP contribution in [0.2, 0.25) is 0 Å². The molecule has 0 atom stereocenters. The molecule has 0 aliphatic carbocycles. The lowest BCUT2D eigenvalue weighted by Gasteiger charge is -1.02. The highest BCUT2D eigenvalue weighted by Crippen LogP contribution is 0.871. The van der Waals surface area contributed by atoms with Gasteiger partial charge in [0.25, 0.3) is 0 Å². The summed E-state index contributed by atoms with van der Waals surface area (Å²) in [6, 6.07) is 0. The summed E-state index contributed by atoms with van der Waals surface area (Å²) in [7, 11) is 0. The van der Waals surface area contributed by atoms with Gasteiger partial charge in [0.15, 0.2) is 0 Å². The van der Waals surface area contributed by atoms with Crippen LogP contribution in [-0.4, -0.2) is 12.2 Å². The van der Waals surface area contributed by atoms with Crippen molar-refractivity contribution in [2.75, 3.05) is 0 Å². The zero-order valence-corrected chi connectivity index (χ0v) is 2.82. The van der Waals surface area contributed by atoms with Crippen molar-refractivity contribution in [3.8, 4) is 0 Å². The van der Waals surface area contributed by atoms with Crippen LogP contribution >= 0.6 is 0 Å². The van der Waals surface area contributed by atoms with Crippen LogP contribution in [-0.2, 0) is 9.59 Å². The average molecular weight is 375 g/mol. The summed E-state index contributed by atoms with van der Waals surface area (Å²) < 4.78 is 0. The molecule has 0 radical (unpaired) electrons. The topological polar surface area (TPSA) is 81.8 Å². The molecule has 24 heavy (non-hydrogen) atoms. The number of isocyanates is 2. The molecule has 0 bridgehead atoms. The number of nitrogens with one attached hydrogen (secondary N) is 2. The van der Waals surface area contributed by atoms with Crippen LogP contribution in [0.15, 0.2) is 0 Å². The molecule has 4 heteroatoms. The van der Waals surface area contributed by atoms with Gasteiger partial charge in [-0.05, 0) is 0 Å². The van der Waals surface area contributed by atoms with Crippen molar-refractivity contribution in [3.63, 3.8) is 0 Å². The summed E-state index contributed by atoms with van der Waals surface area (Å²) in [6.45, 7) is 0. The van der Waals surface area contributed by atoms with Gasteiger partial charge < -0.3 is 0 Å². The minimum Gasteiger partial charge on any atom is -0.222 e. The van der Waals surface area contributed by atoms with E-state index in [0.29, 0.717) is 0 Å². The van der Waals surface area contributed by atoms with Gasteiger partial charge in [0.05, 0.1) is 0 Å². The molecular weight excluding hydrogens is 300 g/mol. The van der Waals surface area contributed by atoms with E-state index in [1.54, 1.807) is 0 Å². The SMILES string of the molecule is C.C.C.C.C.C.C.C.C.C.C.C.C.C.C.C.C.C.N=C=O.N=C=O. The standard InChI is InChI=1S/2CHNO.18CH4/c2*2-1-3;;;;;;;;;;;;;;;;;;/h2*2H;18*1H4. The third kappa shape index (κ3) is 5270. The highest BCUT2D eigenvalue weighted by Gasteiger charge is 1.04. The fraction of sp³-hybridized carbons (Fsp3) is 0.900. The zero-order chi connectivity index (χ0) is 5.41. The Morgan fingerprint density at radius 2 is 0.292 bits per heavy atom. The Morgan fingerprint density at radius 1 is 0.292 bits per heavy atom. The van der Waals surface area contributed by atoms with Crippen molar-refractivity contribution in [1.82, 2.24) is 0 Å². The molecule has 0 fully saturated rings. The van der Waals surface area contributed by atoms with E-state index < -0.39 is 0 Å². The van der Waals surface area contributed by atoms with E-state index in [9.17, 15) is 0 Å². The normalized spacial score (nSPS) is 0.667. The lowest BCUT2D eigenvalue weighted by molar-refractivity contribution is 0.562. The Kier molecular flexibility index (Phi) is 957000. The third-order valence-electron chi connectivity index (χ3n) is 0. The van der Waals surface area contributed by atoms with Gasteiger partial charge in [-0.2, -0.15) is 0 Å². The highest BCUT2D eigenvalue weighted by atomic mass is 16.1. The van der Waals surface area contributed by atoms with Crippen LogP contribution in [0.5, 0.6) is 0 Å². The van der Waals surface area contributed by atoms with Gasteiger partial charge in [-0.3, -0.25) is 0 Å². The van der Waals surface area contributed by atoms with E-state index in [1.165, 1.54) is 0 Å². The smallest absolute Gasteiger partial charge is 0.222 e. The van der Waals surface area contributed by atoms with Crippen molar-refractivity contribution in [3.05, 3.63) is 0 Å². The minimum atomic E-state index is 0. The van der Waals surface area contributed by atoms with Gasteiger partial charge in [0.2, 0.25) is 12.2 Å². The predicted octanol–water partition coefficient (Wildman–Crippen LogP) is 11.3. The van der Waals surface area contributed by atoms with Gasteiger partial charge >= 0.3 is 0 Å². The Labute approximate surface area is 166 Å². The molecule has 0 saturated carbocycles. The van der Waals surface area contributed by atoms with Gasteiger partial charge in [-0.1, -0.05) is 134 Å². The van der Waals surface area contributed by atoms with Gasteiger partial charge in [0.1, 0.15) is 0 Å². The Hall–Kier alpha value is -1.24. The maximum absolute atomic E-state index is 8.35. The number of carbonyl (C=O) groups excluding carboxylic acids is 2. The molecule has 0 rings (SSSR count). The Bertz CT molecular complexity index is 73.6. The van der Waals surface area contributed by atoms with Crippen molar-refractivity contribution in [2.24, 2.45) is 0 Å². The first-order valence-corrected chi connectivity index (χ1v) is 0.908. The second-order valence-corrected chi connectivity index (χ2v) is 0.204. The van der Waals surface area contributed by atoms with Crippen LogP contribution in [0.25, 0.3) is 0 Å². The second kappa shape index (κ2) is 16200. The van der Waals surface area contributed by atoms with Gasteiger partial charge in [-0.25, -0.2) is 20.4 Å². The van der Waals surface area contributed by atoms with E-state index in [1.807, 2.05) is 0 Å². The second-order valence-electron chi connectivity index (χ2n) is 0.204. The first-order chi connectivity index (χ1) is 2.83. The van der Waals surface area contributed by atoms with Crippen molar-refractivity contribution >= 4 is 12.2 Å². The highest BCUT2D eigenvalue weighted by molar-refractivity contribution is 5.26. The van der Waals surface area contributed by atoms with Gasteiger partial charge in [0, 0.05) is 0 Å². The average Bonchev–Trinajstić information content (AvgIpc) is 1.39. The van der Waals surface area contributed by atoms with Crippen molar-refractivity contribution < 1.29 is 9.59 Å². The van der Waals surface area contributed by atoms with E-state index >= 15 is 0 Å². The molecule has 0 aliphatic heterocycles. The molecule has 0 amide bonds. The molecule has 0 unspecified atom stereocenters. The number of hydrogen-bond donors (Lipinski definition) is 2. The molecular formula is C20H74N2O2. The van der Waals surface area contributed by atoms with Gasteiger partial charge in [-0.15, -0.1) is 0 Å². The van der Waals surface area contributed by atoms with Crippen molar-refractivity contribution in [1.29, 1.82) is 10.8 Å². The minimum absolute atomic E-state index is 0. The first kappa shape index (κ1) is 1410. The lowest BCUT2D eigenvalue weighted by atomic mass is 11.7. The molecule has 2 N–H and O–H groups in total. The fourth-order valence-electron chi connectivity index (χ4n) is 0. The molecule has 176 valence electrons. The summed E-state index contributed by atoms with van der Waals surface area (Å²) in [5.74, 6) is 0. The summed E-state index contributed by atoms with van der Waals surface area (Å²) in [4.78, 5) is 16.7. The van der Waals surface area contributed by atoms with Crippen LogP contribution in [0.1, 0.15) is 134 Å². The van der Waals surface area contributed by atoms with Crippen LogP contribution in [0.4, 0.5) is 0 Å². The third-order valence-corrected chi connectivity index (χ3v) is 0. The maximum Gasteiger partial charge on any atom is 0.231 e. The molecule has 0 aromatic heterocycles. The van der Waals surface area contributed by atoms with Crippen molar-refractivity contribution in [2.45, 2.75) is 134 Å². The molecule has 0 aromatic carbocycles. The maximum atomic E-state index is 8.35. The first-order valence-electron chi connectivity index (χ1n) is 0.908. The van der Waals surface area contributed by atoms with Crippen LogP contribution in [0.3, 0.4) is 0 Å². The van der Waals surface area contributed by atoms with E-state index in [2.05, 4.69) is 0 Å². The molecule has 4 nitrogen and oxygen atoms in total. The summed E-state index contributed by atoms with van der Waals surface area (Å²) in [5.41, 5.74) is 0. The Balaban J connectivity index is -0.000000000423. The molecule has 0 heterocycles. The summed E-state index contributed by atoms with van der Waals surface area (Å²) >= 11 is 0. The van der Waals surface area contributed by atoms with E-state index in [-0.39, 0.29) is 134 Å². The molecule has 0 aromatic rings. The molecule has 0 aliphatic rings. The quantitative estimate of drug-likeness (QED) is 0.326. The molecule has 0 spiro atoms. The predicted molar refractivity (Wildman–Crippen MR) is 138 cm³/mol. The Morgan fingerprint density at radius 3 is 0.292 bits per heavy atom. The molecule has 0 saturated heterocycles. The van der Waals surface area contributed by atoms with Crippen LogP contribution in [0, 0.1) is 10.8 Å². The largest absolute Gasteiger partial charge is 0.231 e. The van der Waals surface area contributed by atoms with Crippen LogP contribution < -0.4 is 0 Å². The van der Waals surface area contributed by atoms with E-state index in [0.717, 1.165) is 12.2 Å². The number of hydrogen-bond acceptors (Lipinski definition) is 4. The lowest BCUT2D eigenvalue weighted by Crippen LogP contribution is -1.16. The summed E-state index contributed by atoms with van der Waals surface area (Å²) in [5, 5.41) is 10.8. The summed E-state index contributed by atoms with van der Waals surface area (Å²) in [6.07, 6.45) is 1.50.